The molecule has 0 unspecified atom stereocenters. The second kappa shape index (κ2) is 13.6. The summed E-state index contributed by atoms with van der Waals surface area (Å²) in [5.74, 6) is 1.94. The minimum Gasteiger partial charge on any atom is -0.208 e. The summed E-state index contributed by atoms with van der Waals surface area (Å²) in [6, 6.07) is 75.5. The lowest BCUT2D eigenvalue weighted by Gasteiger charge is -2.34. The third kappa shape index (κ3) is 5.57. The van der Waals surface area contributed by atoms with Gasteiger partial charge in [-0.15, -0.1) is 0 Å². The van der Waals surface area contributed by atoms with Gasteiger partial charge in [-0.2, -0.15) is 0 Å². The fraction of sp³-hybridized carbons (Fsp3) is 0.0192. The molecule has 8 aromatic carbocycles. The Labute approximate surface area is 321 Å². The molecule has 0 saturated carbocycles. The van der Waals surface area contributed by atoms with Crippen molar-refractivity contribution in [3.63, 3.8) is 0 Å². The molecule has 3 nitrogen and oxygen atoms in total. The molecule has 258 valence electrons. The van der Waals surface area contributed by atoms with Gasteiger partial charge in [0.1, 0.15) is 0 Å². The molecule has 55 heavy (non-hydrogen) atoms. The number of nitrogens with zero attached hydrogens (tertiary/aromatic N) is 3. The molecule has 10 rings (SSSR count). The van der Waals surface area contributed by atoms with Crippen molar-refractivity contribution in [2.75, 3.05) is 0 Å². The zero-order chi connectivity index (χ0) is 36.6. The molecule has 0 atom stereocenters. The van der Waals surface area contributed by atoms with Crippen molar-refractivity contribution in [1.29, 1.82) is 0 Å². The van der Waals surface area contributed by atoms with Gasteiger partial charge in [0, 0.05) is 16.7 Å². The molecule has 9 aromatic rings. The largest absolute Gasteiger partial charge is 0.208 e. The van der Waals surface area contributed by atoms with Crippen LogP contribution < -0.4 is 0 Å². The fourth-order valence-corrected chi connectivity index (χ4v) is 8.32. The molecule has 3 heteroatoms. The van der Waals surface area contributed by atoms with Gasteiger partial charge in [-0.05, 0) is 67.8 Å². The minimum atomic E-state index is -0.480. The first kappa shape index (κ1) is 32.4. The SMILES string of the molecule is c1ccc(-c2nc(-c3ccccc3)nc(-c3ccc(-c4cc5c(cc4-c4ccccc4)C(c4ccccc4)(c4ccccc4)c4ccccc4-5)cc3)n2)cc1. The van der Waals surface area contributed by atoms with E-state index in [0.717, 1.165) is 22.3 Å². The number of fused-ring (bicyclic) bond motifs is 3. The highest BCUT2D eigenvalue weighted by Gasteiger charge is 2.46. The summed E-state index contributed by atoms with van der Waals surface area (Å²) in [6.07, 6.45) is 0. The maximum atomic E-state index is 4.99. The monoisotopic (exact) mass is 701 g/mol. The normalized spacial score (nSPS) is 12.5. The third-order valence-corrected chi connectivity index (χ3v) is 10.8. The van der Waals surface area contributed by atoms with E-state index < -0.39 is 5.41 Å². The van der Waals surface area contributed by atoms with E-state index in [2.05, 4.69) is 152 Å². The first-order valence-electron chi connectivity index (χ1n) is 18.7. The van der Waals surface area contributed by atoms with Crippen molar-refractivity contribution >= 4 is 0 Å². The summed E-state index contributed by atoms with van der Waals surface area (Å²) in [6.45, 7) is 0. The van der Waals surface area contributed by atoms with Crippen LogP contribution in [0.2, 0.25) is 0 Å². The Hall–Kier alpha value is -7.23. The van der Waals surface area contributed by atoms with Crippen molar-refractivity contribution < 1.29 is 0 Å². The fourth-order valence-electron chi connectivity index (χ4n) is 8.32. The first-order chi connectivity index (χ1) is 27.3. The predicted molar refractivity (Wildman–Crippen MR) is 224 cm³/mol. The van der Waals surface area contributed by atoms with Gasteiger partial charge in [-0.3, -0.25) is 0 Å². The van der Waals surface area contributed by atoms with Gasteiger partial charge in [-0.1, -0.05) is 200 Å². The average molecular weight is 702 g/mol. The summed E-state index contributed by atoms with van der Waals surface area (Å²) in [7, 11) is 0. The van der Waals surface area contributed by atoms with Crippen LogP contribution in [0, 0.1) is 0 Å². The standard InChI is InChI=1S/C52H35N3/c1-6-18-36(19-7-1)45-35-48-46(43-28-16-17-29-47(43)52(48,41-24-12-4-13-25-41)42-26-14-5-15-27-42)34-44(45)37-30-32-40(33-31-37)51-54-49(38-20-8-2-9-21-38)53-50(55-51)39-22-10-3-11-23-39/h1-35H. The number of aromatic nitrogens is 3. The highest BCUT2D eigenvalue weighted by Crippen LogP contribution is 2.58. The highest BCUT2D eigenvalue weighted by atomic mass is 15.0. The van der Waals surface area contributed by atoms with Gasteiger partial charge in [-0.25, -0.2) is 15.0 Å². The molecule has 1 aliphatic carbocycles. The van der Waals surface area contributed by atoms with E-state index >= 15 is 0 Å². The van der Waals surface area contributed by atoms with E-state index in [1.54, 1.807) is 0 Å². The van der Waals surface area contributed by atoms with Crippen LogP contribution in [0.5, 0.6) is 0 Å². The van der Waals surface area contributed by atoms with Crippen LogP contribution in [0.4, 0.5) is 0 Å². The number of rotatable bonds is 7. The van der Waals surface area contributed by atoms with E-state index in [9.17, 15) is 0 Å². The highest BCUT2D eigenvalue weighted by molar-refractivity contribution is 5.95. The smallest absolute Gasteiger partial charge is 0.164 e. The van der Waals surface area contributed by atoms with Gasteiger partial charge >= 0.3 is 0 Å². The summed E-state index contributed by atoms with van der Waals surface area (Å²) >= 11 is 0. The van der Waals surface area contributed by atoms with Crippen molar-refractivity contribution in [2.45, 2.75) is 5.41 Å². The Morgan fingerprint density at radius 3 is 1.13 bits per heavy atom. The molecule has 0 fully saturated rings. The summed E-state index contributed by atoms with van der Waals surface area (Å²) in [5, 5.41) is 0. The number of hydrogen-bond acceptors (Lipinski definition) is 3. The topological polar surface area (TPSA) is 38.7 Å². The lowest BCUT2D eigenvalue weighted by molar-refractivity contribution is 0.769. The van der Waals surface area contributed by atoms with Crippen molar-refractivity contribution in [2.24, 2.45) is 0 Å². The van der Waals surface area contributed by atoms with E-state index in [4.69, 9.17) is 15.0 Å². The minimum absolute atomic E-state index is 0.480. The summed E-state index contributed by atoms with van der Waals surface area (Å²) in [5.41, 5.74) is 14.6. The van der Waals surface area contributed by atoms with Crippen molar-refractivity contribution in [1.82, 2.24) is 15.0 Å². The Kier molecular flexibility index (Phi) is 8.04. The molecule has 0 saturated heterocycles. The second-order valence-corrected chi connectivity index (χ2v) is 14.0. The van der Waals surface area contributed by atoms with Crippen LogP contribution in [0.1, 0.15) is 22.3 Å². The van der Waals surface area contributed by atoms with Crippen molar-refractivity contribution in [3.05, 3.63) is 235 Å². The molecule has 0 radical (unpaired) electrons. The van der Waals surface area contributed by atoms with Gasteiger partial charge in [0.25, 0.3) is 0 Å². The van der Waals surface area contributed by atoms with Crippen LogP contribution >= 0.6 is 0 Å². The van der Waals surface area contributed by atoms with Gasteiger partial charge < -0.3 is 0 Å². The molecule has 0 amide bonds. The lowest BCUT2D eigenvalue weighted by atomic mass is 9.67. The number of hydrogen-bond donors (Lipinski definition) is 0. The maximum absolute atomic E-state index is 4.99. The molecule has 1 heterocycles. The Morgan fingerprint density at radius 2 is 0.618 bits per heavy atom. The van der Waals surface area contributed by atoms with Crippen LogP contribution in [-0.4, -0.2) is 15.0 Å². The predicted octanol–water partition coefficient (Wildman–Crippen LogP) is 12.6. The van der Waals surface area contributed by atoms with Crippen LogP contribution in [-0.2, 0) is 5.41 Å². The van der Waals surface area contributed by atoms with Gasteiger partial charge in [0.05, 0.1) is 5.41 Å². The number of benzene rings is 8. The van der Waals surface area contributed by atoms with E-state index in [-0.39, 0.29) is 0 Å². The van der Waals surface area contributed by atoms with Gasteiger partial charge in [0.15, 0.2) is 17.5 Å². The summed E-state index contributed by atoms with van der Waals surface area (Å²) in [4.78, 5) is 14.9. The van der Waals surface area contributed by atoms with E-state index in [0.29, 0.717) is 17.5 Å². The Morgan fingerprint density at radius 1 is 0.255 bits per heavy atom. The molecule has 0 bridgehead atoms. The zero-order valence-corrected chi connectivity index (χ0v) is 30.0. The Balaban J connectivity index is 1.17. The third-order valence-electron chi connectivity index (χ3n) is 10.8. The van der Waals surface area contributed by atoms with E-state index in [1.165, 1.54) is 50.1 Å². The van der Waals surface area contributed by atoms with Crippen LogP contribution in [0.25, 0.3) is 67.5 Å². The molecule has 0 spiro atoms. The lowest BCUT2D eigenvalue weighted by Crippen LogP contribution is -2.28. The quantitative estimate of drug-likeness (QED) is 0.166. The average Bonchev–Trinajstić information content (AvgIpc) is 3.57. The van der Waals surface area contributed by atoms with Gasteiger partial charge in [0.2, 0.25) is 0 Å². The van der Waals surface area contributed by atoms with E-state index in [1.807, 2.05) is 60.7 Å². The molecule has 0 aliphatic heterocycles. The zero-order valence-electron chi connectivity index (χ0n) is 30.0. The van der Waals surface area contributed by atoms with Crippen LogP contribution in [0.15, 0.2) is 212 Å². The molecule has 0 N–H and O–H groups in total. The first-order valence-corrected chi connectivity index (χ1v) is 18.7. The second-order valence-electron chi connectivity index (χ2n) is 14.0. The van der Waals surface area contributed by atoms with Crippen LogP contribution in [0.3, 0.4) is 0 Å². The molecule has 1 aromatic heterocycles. The molecular formula is C52H35N3. The molecular weight excluding hydrogens is 667 g/mol. The maximum Gasteiger partial charge on any atom is 0.164 e. The molecule has 1 aliphatic rings. The van der Waals surface area contributed by atoms with Crippen molar-refractivity contribution in [3.8, 4) is 67.5 Å². The summed E-state index contributed by atoms with van der Waals surface area (Å²) < 4.78 is 0. The Bertz CT molecular complexity index is 2670.